The van der Waals surface area contributed by atoms with Crippen molar-refractivity contribution >= 4 is 41.0 Å². The molecule has 49 heavy (non-hydrogen) atoms. The first-order valence-electron chi connectivity index (χ1n) is 17.0. The fraction of sp³-hybridized carbons (Fsp3) is 0.293. The molecule has 4 aromatic rings. The van der Waals surface area contributed by atoms with Crippen molar-refractivity contribution in [2.75, 3.05) is 0 Å². The lowest BCUT2D eigenvalue weighted by Gasteiger charge is -2.30. The van der Waals surface area contributed by atoms with Gasteiger partial charge in [0.15, 0.2) is 0 Å². The Kier molecular flexibility index (Phi) is 11.0. The van der Waals surface area contributed by atoms with Gasteiger partial charge in [-0.15, -0.1) is 0 Å². The highest BCUT2D eigenvalue weighted by Gasteiger charge is 2.46. The van der Waals surface area contributed by atoms with E-state index in [0.717, 1.165) is 60.8 Å². The van der Waals surface area contributed by atoms with Gasteiger partial charge in [0, 0.05) is 34.3 Å². The molecule has 0 N–H and O–H groups in total. The first-order chi connectivity index (χ1) is 23.6. The maximum absolute atomic E-state index is 15.2. The van der Waals surface area contributed by atoms with Crippen LogP contribution in [0.4, 0.5) is 0 Å². The van der Waals surface area contributed by atoms with Crippen LogP contribution in [0.25, 0.3) is 11.1 Å². The minimum Gasteiger partial charge on any atom is -0.318 e. The molecule has 0 heterocycles. The SMILES string of the molecule is CCCCCC/C(=N\OC(C)=O)C(=O)c1ccc2c(c1)-c1cc(P(=O)(C(=O)c3ccccc3)C(=O)c3ccccc3)ccc1C2(CC)CC. The van der Waals surface area contributed by atoms with E-state index in [0.29, 0.717) is 12.0 Å². The van der Waals surface area contributed by atoms with Crippen molar-refractivity contribution in [3.05, 3.63) is 125 Å². The summed E-state index contributed by atoms with van der Waals surface area (Å²) in [5.74, 6) is -0.947. The number of nitrogens with zero attached hydrogens (tertiary/aromatic N) is 1. The van der Waals surface area contributed by atoms with Gasteiger partial charge in [-0.3, -0.25) is 14.4 Å². The molecular weight excluding hydrogens is 633 g/mol. The van der Waals surface area contributed by atoms with Crippen LogP contribution in [0.1, 0.15) is 115 Å². The molecule has 0 spiro atoms. The van der Waals surface area contributed by atoms with Crippen molar-refractivity contribution in [1.82, 2.24) is 0 Å². The summed E-state index contributed by atoms with van der Waals surface area (Å²) in [6.07, 6.45) is 5.59. The highest BCUT2D eigenvalue weighted by atomic mass is 31.2. The summed E-state index contributed by atoms with van der Waals surface area (Å²) in [6.45, 7) is 7.56. The number of benzene rings is 4. The van der Waals surface area contributed by atoms with E-state index in [9.17, 15) is 19.2 Å². The minimum atomic E-state index is -4.40. The lowest BCUT2D eigenvalue weighted by molar-refractivity contribution is -0.140. The molecule has 0 radical (unpaired) electrons. The topological polar surface area (TPSA) is 107 Å². The van der Waals surface area contributed by atoms with Crippen LogP contribution in [0.3, 0.4) is 0 Å². The number of fused-ring (bicyclic) bond motifs is 3. The predicted octanol–water partition coefficient (Wildman–Crippen LogP) is 9.51. The molecule has 0 saturated heterocycles. The Morgan fingerprint density at radius 2 is 1.22 bits per heavy atom. The molecule has 252 valence electrons. The van der Waals surface area contributed by atoms with Gasteiger partial charge in [0.1, 0.15) is 5.71 Å². The summed E-state index contributed by atoms with van der Waals surface area (Å²) in [5.41, 5.74) is 2.59. The number of carbonyl (C=O) groups excluding carboxylic acids is 4. The number of oxime groups is 1. The number of Topliss-reactive ketones (excluding diaryl/α,β-unsaturated/α-hetero) is 1. The first kappa shape index (κ1) is 35.6. The molecule has 8 heteroatoms. The number of unbranched alkanes of at least 4 members (excludes halogenated alkanes) is 3. The van der Waals surface area contributed by atoms with Crippen LogP contribution in [0.15, 0.2) is 102 Å². The van der Waals surface area contributed by atoms with Gasteiger partial charge in [0.2, 0.25) is 24.0 Å². The molecule has 1 aliphatic rings. The van der Waals surface area contributed by atoms with Crippen LogP contribution >= 0.6 is 7.14 Å². The molecule has 0 amide bonds. The maximum Gasteiger partial charge on any atom is 0.331 e. The molecule has 0 saturated carbocycles. The number of ketones is 1. The van der Waals surface area contributed by atoms with E-state index < -0.39 is 29.6 Å². The zero-order valence-corrected chi connectivity index (χ0v) is 29.4. The smallest absolute Gasteiger partial charge is 0.318 e. The maximum atomic E-state index is 15.2. The number of carbonyl (C=O) groups is 4. The van der Waals surface area contributed by atoms with Crippen LogP contribution in [0.2, 0.25) is 0 Å². The van der Waals surface area contributed by atoms with Gasteiger partial charge in [-0.2, -0.15) is 0 Å². The molecule has 0 aromatic heterocycles. The quantitative estimate of drug-likeness (QED) is 0.0310. The Morgan fingerprint density at radius 1 is 0.673 bits per heavy atom. The Hall–Kier alpha value is -4.74. The van der Waals surface area contributed by atoms with Crippen LogP contribution < -0.4 is 5.30 Å². The third kappa shape index (κ3) is 6.78. The van der Waals surface area contributed by atoms with Crippen LogP contribution in [-0.2, 0) is 19.6 Å². The molecule has 0 bridgehead atoms. The van der Waals surface area contributed by atoms with E-state index in [1.54, 1.807) is 78.9 Å². The number of hydrogen-bond acceptors (Lipinski definition) is 7. The minimum absolute atomic E-state index is 0.146. The average Bonchev–Trinajstić information content (AvgIpc) is 3.42. The normalized spacial score (nSPS) is 13.3. The summed E-state index contributed by atoms with van der Waals surface area (Å²) in [6, 6.07) is 27.4. The second kappa shape index (κ2) is 15.2. The van der Waals surface area contributed by atoms with Gasteiger partial charge in [-0.1, -0.05) is 130 Å². The lowest BCUT2D eigenvalue weighted by atomic mass is 9.74. The van der Waals surface area contributed by atoms with Gasteiger partial charge in [-0.25, -0.2) is 4.79 Å². The Labute approximate surface area is 288 Å². The number of rotatable bonds is 15. The van der Waals surface area contributed by atoms with Crippen LogP contribution in [-0.4, -0.2) is 28.5 Å². The standard InChI is InChI=1S/C41H42NO6P/c1-5-8-9-16-21-37(42-48-28(4)43)38(44)31-22-24-35-33(26-31)34-27-32(23-25-36(34)41(35,6-2)7-3)49(47,39(45)29-17-12-10-13-18-29)40(46)30-19-14-11-15-20-30/h10-15,17-20,22-27H,5-9,16,21H2,1-4H3/b42-37+. The second-order valence-electron chi connectivity index (χ2n) is 12.5. The zero-order valence-electron chi connectivity index (χ0n) is 28.5. The Bertz CT molecular complexity index is 1910. The summed E-state index contributed by atoms with van der Waals surface area (Å²) < 4.78 is 15.2. The summed E-state index contributed by atoms with van der Waals surface area (Å²) in [4.78, 5) is 58.7. The van der Waals surface area contributed by atoms with E-state index in [4.69, 9.17) is 4.84 Å². The highest BCUT2D eigenvalue weighted by molar-refractivity contribution is 8.01. The predicted molar refractivity (Wildman–Crippen MR) is 194 cm³/mol. The molecule has 0 aliphatic heterocycles. The van der Waals surface area contributed by atoms with Gasteiger partial charge in [0.05, 0.1) is 0 Å². The van der Waals surface area contributed by atoms with Crippen molar-refractivity contribution in [3.8, 4) is 11.1 Å². The second-order valence-corrected chi connectivity index (χ2v) is 15.0. The van der Waals surface area contributed by atoms with Gasteiger partial charge in [0.25, 0.3) is 0 Å². The van der Waals surface area contributed by atoms with Gasteiger partial charge in [-0.05, 0) is 60.1 Å². The van der Waals surface area contributed by atoms with Crippen LogP contribution in [0, 0.1) is 0 Å². The lowest BCUT2D eigenvalue weighted by Crippen LogP contribution is -2.24. The molecule has 1 aliphatic carbocycles. The van der Waals surface area contributed by atoms with Crippen molar-refractivity contribution in [2.24, 2.45) is 5.16 Å². The molecule has 0 fully saturated rings. The largest absolute Gasteiger partial charge is 0.331 e. The fourth-order valence-electron chi connectivity index (χ4n) is 6.91. The average molecular weight is 676 g/mol. The molecule has 5 rings (SSSR count). The molecule has 0 unspecified atom stereocenters. The van der Waals surface area contributed by atoms with E-state index in [2.05, 4.69) is 25.9 Å². The van der Waals surface area contributed by atoms with E-state index in [-0.39, 0.29) is 27.9 Å². The van der Waals surface area contributed by atoms with Crippen molar-refractivity contribution < 1.29 is 28.6 Å². The van der Waals surface area contributed by atoms with Crippen LogP contribution in [0.5, 0.6) is 0 Å². The fourth-order valence-corrected chi connectivity index (χ4v) is 9.18. The molecule has 7 nitrogen and oxygen atoms in total. The third-order valence-corrected chi connectivity index (χ3v) is 12.3. The van der Waals surface area contributed by atoms with Gasteiger partial charge < -0.3 is 9.40 Å². The Balaban J connectivity index is 1.67. The molecular formula is C41H42NO6P. The number of hydrogen-bond donors (Lipinski definition) is 0. The van der Waals surface area contributed by atoms with Crippen molar-refractivity contribution in [1.29, 1.82) is 0 Å². The van der Waals surface area contributed by atoms with E-state index in [1.165, 1.54) is 6.92 Å². The summed E-state index contributed by atoms with van der Waals surface area (Å²) in [7, 11) is -4.40. The first-order valence-corrected chi connectivity index (χ1v) is 18.7. The highest BCUT2D eigenvalue weighted by Crippen LogP contribution is 2.56. The summed E-state index contributed by atoms with van der Waals surface area (Å²) in [5, 5.41) is 4.09. The van der Waals surface area contributed by atoms with Crippen molar-refractivity contribution in [3.63, 3.8) is 0 Å². The summed E-state index contributed by atoms with van der Waals surface area (Å²) >= 11 is 0. The Morgan fingerprint density at radius 3 is 1.76 bits per heavy atom. The van der Waals surface area contributed by atoms with E-state index in [1.807, 2.05) is 18.2 Å². The third-order valence-electron chi connectivity index (χ3n) is 9.60. The van der Waals surface area contributed by atoms with E-state index >= 15 is 4.57 Å². The molecule has 4 aromatic carbocycles. The monoisotopic (exact) mass is 675 g/mol. The molecule has 0 atom stereocenters. The van der Waals surface area contributed by atoms with Gasteiger partial charge >= 0.3 is 5.97 Å². The van der Waals surface area contributed by atoms with Crippen molar-refractivity contribution in [2.45, 2.75) is 78.1 Å². The zero-order chi connectivity index (χ0) is 35.2.